The summed E-state index contributed by atoms with van der Waals surface area (Å²) in [5.41, 5.74) is 0.0594. The molecule has 13 heteroatoms. The average molecular weight is 519 g/mol. The van der Waals surface area contributed by atoms with Crippen molar-refractivity contribution in [1.82, 2.24) is 25.0 Å². The van der Waals surface area contributed by atoms with Crippen molar-refractivity contribution in [2.45, 2.75) is 31.7 Å². The molecule has 2 heterocycles. The number of hydrogen-bond donors (Lipinski definition) is 3. The topological polar surface area (TPSA) is 144 Å². The number of halogens is 1. The number of aromatic nitrogens is 5. The van der Waals surface area contributed by atoms with Crippen LogP contribution in [0.3, 0.4) is 0 Å². The van der Waals surface area contributed by atoms with Gasteiger partial charge in [-0.15, -0.1) is 10.2 Å². The molecule has 2 aromatic heterocycles. The first kappa shape index (κ1) is 23.7. The second-order valence-electron chi connectivity index (χ2n) is 8.00. The van der Waals surface area contributed by atoms with Gasteiger partial charge in [-0.3, -0.25) is 4.79 Å². The van der Waals surface area contributed by atoms with E-state index in [4.69, 9.17) is 4.74 Å². The van der Waals surface area contributed by atoms with Crippen molar-refractivity contribution in [3.05, 3.63) is 36.0 Å². The summed E-state index contributed by atoms with van der Waals surface area (Å²) in [6.45, 7) is 0. The third-order valence-corrected chi connectivity index (χ3v) is 5.39. The molecule has 2 aliphatic carbocycles. The fourth-order valence-electron chi connectivity index (χ4n) is 3.41. The van der Waals surface area contributed by atoms with Crippen LogP contribution in [0.4, 0.5) is 21.6 Å². The first-order chi connectivity index (χ1) is 15.9. The van der Waals surface area contributed by atoms with Crippen LogP contribution in [0, 0.1) is 11.7 Å². The number of aromatic carboxylic acids is 1. The van der Waals surface area contributed by atoms with Crippen LogP contribution in [0.15, 0.2) is 24.5 Å². The Morgan fingerprint density at radius 1 is 1.15 bits per heavy atom. The minimum absolute atomic E-state index is 0. The minimum Gasteiger partial charge on any atom is -0.494 e. The Balaban J connectivity index is 0.00000274. The predicted octanol–water partition coefficient (Wildman–Crippen LogP) is 3.01. The number of hydrogen-bond acceptors (Lipinski definition) is 8. The summed E-state index contributed by atoms with van der Waals surface area (Å²) in [6, 6.07) is 4.05. The van der Waals surface area contributed by atoms with Crippen molar-refractivity contribution in [2.24, 2.45) is 5.92 Å². The molecule has 0 unspecified atom stereocenters. The standard InChI is InChI=1S/C21H20FN7O4.Zn/c1-33-18-13(19-23-9-29(28-19)12-4-5-12)6-11(22)7-15(18)24-14-8-16(25-20(30)10-2-3-10)26-27-17(14)21(31)32;/h6-10,12H,2-5H2,1H3,(H,31,32)(H2,24,25,26,30);. The SMILES string of the molecule is COc1c(Nc2cc(NC(=O)C3CC3)nnc2C(=O)O)cc(F)cc1-c1ncn(C2CC2)n1.[Zn]. The molecule has 0 radical (unpaired) electrons. The van der Waals surface area contributed by atoms with E-state index in [1.807, 2.05) is 0 Å². The van der Waals surface area contributed by atoms with Gasteiger partial charge in [-0.05, 0) is 31.7 Å². The largest absolute Gasteiger partial charge is 0.494 e. The van der Waals surface area contributed by atoms with Gasteiger partial charge in [0.05, 0.1) is 30.1 Å². The maximum atomic E-state index is 14.6. The van der Waals surface area contributed by atoms with Gasteiger partial charge in [-0.25, -0.2) is 18.9 Å². The van der Waals surface area contributed by atoms with E-state index in [1.54, 1.807) is 11.0 Å². The van der Waals surface area contributed by atoms with E-state index in [-0.39, 0.29) is 60.1 Å². The van der Waals surface area contributed by atoms with E-state index in [2.05, 4.69) is 30.9 Å². The van der Waals surface area contributed by atoms with E-state index < -0.39 is 17.5 Å². The molecule has 0 saturated heterocycles. The molecule has 1 aromatic carbocycles. The summed E-state index contributed by atoms with van der Waals surface area (Å²) >= 11 is 0. The number of nitrogens with zero attached hydrogens (tertiary/aromatic N) is 5. The Kier molecular flexibility index (Phi) is 6.56. The Labute approximate surface area is 205 Å². The fraction of sp³-hybridized carbons (Fsp3) is 0.333. The molecular weight excluding hydrogens is 499 g/mol. The molecule has 172 valence electrons. The zero-order chi connectivity index (χ0) is 23.1. The first-order valence-corrected chi connectivity index (χ1v) is 10.4. The Hall–Kier alpha value is -3.47. The molecule has 0 spiro atoms. The maximum absolute atomic E-state index is 14.6. The molecule has 0 bridgehead atoms. The molecule has 0 aliphatic heterocycles. The summed E-state index contributed by atoms with van der Waals surface area (Å²) in [5.74, 6) is -1.63. The van der Waals surface area contributed by atoms with Crippen LogP contribution in [-0.4, -0.2) is 49.1 Å². The number of nitrogens with one attached hydrogen (secondary N) is 2. The number of carbonyl (C=O) groups excluding carboxylic acids is 1. The van der Waals surface area contributed by atoms with Crippen molar-refractivity contribution in [3.63, 3.8) is 0 Å². The third-order valence-electron chi connectivity index (χ3n) is 5.39. The van der Waals surface area contributed by atoms with Crippen LogP contribution < -0.4 is 15.4 Å². The molecule has 2 fully saturated rings. The van der Waals surface area contributed by atoms with Gasteiger partial charge >= 0.3 is 5.97 Å². The van der Waals surface area contributed by atoms with E-state index in [0.717, 1.165) is 31.7 Å². The molecule has 5 rings (SSSR count). The van der Waals surface area contributed by atoms with Crippen molar-refractivity contribution in [2.75, 3.05) is 17.7 Å². The van der Waals surface area contributed by atoms with Gasteiger partial charge in [0.25, 0.3) is 0 Å². The van der Waals surface area contributed by atoms with E-state index in [1.165, 1.54) is 19.2 Å². The van der Waals surface area contributed by atoms with Gasteiger partial charge < -0.3 is 20.5 Å². The van der Waals surface area contributed by atoms with Crippen molar-refractivity contribution < 1.29 is 43.3 Å². The van der Waals surface area contributed by atoms with Crippen LogP contribution in [0.25, 0.3) is 11.4 Å². The monoisotopic (exact) mass is 517 g/mol. The van der Waals surface area contributed by atoms with Gasteiger partial charge in [-0.2, -0.15) is 5.10 Å². The van der Waals surface area contributed by atoms with E-state index >= 15 is 0 Å². The van der Waals surface area contributed by atoms with Crippen LogP contribution in [0.2, 0.25) is 0 Å². The number of amides is 1. The summed E-state index contributed by atoms with van der Waals surface area (Å²) in [6.07, 6.45) is 5.22. The van der Waals surface area contributed by atoms with Crippen molar-refractivity contribution >= 4 is 29.1 Å². The number of methoxy groups -OCH3 is 1. The maximum Gasteiger partial charge on any atom is 0.358 e. The number of benzene rings is 1. The number of carboxylic acids is 1. The smallest absolute Gasteiger partial charge is 0.358 e. The number of carboxylic acid groups (broad SMARTS) is 1. The van der Waals surface area contributed by atoms with Crippen LogP contribution in [0.5, 0.6) is 5.75 Å². The van der Waals surface area contributed by atoms with Crippen molar-refractivity contribution in [3.8, 4) is 17.1 Å². The Morgan fingerprint density at radius 3 is 2.56 bits per heavy atom. The second-order valence-corrected chi connectivity index (χ2v) is 8.00. The minimum atomic E-state index is -1.34. The fourth-order valence-corrected chi connectivity index (χ4v) is 3.41. The zero-order valence-corrected chi connectivity index (χ0v) is 21.3. The molecule has 3 aromatic rings. The third kappa shape index (κ3) is 4.89. The van der Waals surface area contributed by atoms with Crippen LogP contribution in [0.1, 0.15) is 42.2 Å². The van der Waals surface area contributed by atoms with Crippen LogP contribution in [-0.2, 0) is 24.3 Å². The molecule has 11 nitrogen and oxygen atoms in total. The summed E-state index contributed by atoms with van der Waals surface area (Å²) < 4.78 is 21.8. The van der Waals surface area contributed by atoms with E-state index in [0.29, 0.717) is 11.6 Å². The molecule has 2 saturated carbocycles. The number of rotatable bonds is 8. The van der Waals surface area contributed by atoms with E-state index in [9.17, 15) is 19.1 Å². The normalized spacial score (nSPS) is 14.8. The quantitative estimate of drug-likeness (QED) is 0.383. The number of carbonyl (C=O) groups is 2. The summed E-state index contributed by atoms with van der Waals surface area (Å²) in [4.78, 5) is 28.0. The first-order valence-electron chi connectivity index (χ1n) is 10.4. The van der Waals surface area contributed by atoms with Gasteiger partial charge in [0.1, 0.15) is 12.1 Å². The molecule has 34 heavy (non-hydrogen) atoms. The van der Waals surface area contributed by atoms with Gasteiger partial charge in [0, 0.05) is 37.5 Å². The number of anilines is 3. The molecule has 0 atom stereocenters. The Bertz CT molecular complexity index is 1260. The van der Waals surface area contributed by atoms with Crippen LogP contribution >= 0.6 is 0 Å². The number of ether oxygens (including phenoxy) is 1. The molecule has 2 aliphatic rings. The predicted molar refractivity (Wildman–Crippen MR) is 114 cm³/mol. The van der Waals surface area contributed by atoms with Crippen molar-refractivity contribution in [1.29, 1.82) is 0 Å². The van der Waals surface area contributed by atoms with Gasteiger partial charge in [0.2, 0.25) is 5.91 Å². The molecular formula is C21H20FN7O4Zn. The summed E-state index contributed by atoms with van der Waals surface area (Å²) in [5, 5.41) is 26.9. The second kappa shape index (κ2) is 9.42. The summed E-state index contributed by atoms with van der Waals surface area (Å²) in [7, 11) is 1.41. The van der Waals surface area contributed by atoms with Gasteiger partial charge in [0.15, 0.2) is 23.1 Å². The van der Waals surface area contributed by atoms with Gasteiger partial charge in [-0.1, -0.05) is 0 Å². The average Bonchev–Trinajstić information content (AvgIpc) is 3.71. The Morgan fingerprint density at radius 2 is 1.91 bits per heavy atom. The molecule has 1 amide bonds. The molecule has 3 N–H and O–H groups in total. The zero-order valence-electron chi connectivity index (χ0n) is 18.3.